The molecule has 37 heavy (non-hydrogen) atoms. The Labute approximate surface area is 214 Å². The number of phenolic OH excluding ortho intramolecular Hbond substituents is 1. The summed E-state index contributed by atoms with van der Waals surface area (Å²) in [6.45, 7) is 1.05. The van der Waals surface area contributed by atoms with Crippen LogP contribution in [0.4, 0.5) is 38.1 Å². The summed E-state index contributed by atoms with van der Waals surface area (Å²) < 4.78 is 67.3. The highest BCUT2D eigenvalue weighted by Crippen LogP contribution is 2.43. The maximum atomic E-state index is 14.5. The smallest absolute Gasteiger partial charge is 0.417 e. The average Bonchev–Trinajstić information content (AvgIpc) is 2.78. The molecule has 0 saturated carbocycles. The van der Waals surface area contributed by atoms with Gasteiger partial charge in [-0.2, -0.15) is 13.2 Å². The van der Waals surface area contributed by atoms with Gasteiger partial charge in [-0.15, -0.1) is 0 Å². The van der Waals surface area contributed by atoms with Crippen LogP contribution < -0.4 is 16.0 Å². The average molecular weight is 563 g/mol. The zero-order chi connectivity index (χ0) is 27.7. The minimum atomic E-state index is -4.74. The summed E-state index contributed by atoms with van der Waals surface area (Å²) >= 11 is 12.0. The van der Waals surface area contributed by atoms with Crippen LogP contribution in [0.15, 0.2) is 36.5 Å². The van der Waals surface area contributed by atoms with E-state index in [2.05, 4.69) is 10.3 Å². The minimum Gasteiger partial charge on any atom is -0.505 e. The topological polar surface area (TPSA) is 120 Å². The van der Waals surface area contributed by atoms with Gasteiger partial charge in [-0.1, -0.05) is 23.2 Å². The van der Waals surface area contributed by atoms with Gasteiger partial charge in [0, 0.05) is 13.1 Å². The van der Waals surface area contributed by atoms with Gasteiger partial charge >= 0.3 is 12.2 Å². The second-order valence-corrected chi connectivity index (χ2v) is 8.06. The maximum Gasteiger partial charge on any atom is 0.417 e. The first-order chi connectivity index (χ1) is 17.2. The molecule has 4 N–H and O–H groups in total. The predicted octanol–water partition coefficient (Wildman–Crippen LogP) is 5.98. The van der Waals surface area contributed by atoms with E-state index in [9.17, 15) is 41.4 Å². The number of carbonyl (C=O) groups excluding carboxylic acids is 3. The van der Waals surface area contributed by atoms with Gasteiger partial charge in [-0.25, -0.2) is 13.6 Å². The summed E-state index contributed by atoms with van der Waals surface area (Å²) in [7, 11) is 0. The van der Waals surface area contributed by atoms with Crippen molar-refractivity contribution >= 4 is 52.4 Å². The van der Waals surface area contributed by atoms with E-state index in [-0.39, 0.29) is 16.3 Å². The molecule has 3 rings (SSSR count). The Morgan fingerprint density at radius 1 is 0.973 bits per heavy atom. The number of aromatic nitrogens is 1. The van der Waals surface area contributed by atoms with E-state index in [1.54, 1.807) is 5.32 Å². The molecule has 8 nitrogen and oxygen atoms in total. The highest BCUT2D eigenvalue weighted by atomic mass is 35.5. The number of alkyl halides is 3. The fraction of sp³-hybridized carbons (Fsp3) is 0.0909. The second kappa shape index (κ2) is 10.6. The van der Waals surface area contributed by atoms with E-state index < -0.39 is 68.9 Å². The molecule has 1 aromatic heterocycles. The lowest BCUT2D eigenvalue weighted by molar-refractivity contribution is -0.137. The minimum absolute atomic E-state index is 0.201. The van der Waals surface area contributed by atoms with Crippen LogP contribution in [0.2, 0.25) is 10.0 Å². The van der Waals surface area contributed by atoms with E-state index in [0.717, 1.165) is 25.1 Å². The zero-order valence-corrected chi connectivity index (χ0v) is 19.7. The van der Waals surface area contributed by atoms with Gasteiger partial charge in [-0.05, 0) is 30.3 Å². The molecule has 0 saturated heterocycles. The van der Waals surface area contributed by atoms with Crippen molar-refractivity contribution in [2.45, 2.75) is 13.1 Å². The molecule has 0 fully saturated rings. The number of imide groups is 1. The SMILES string of the molecule is CC(=O)Nc1ccc(F)c(C(=O)NC(=O)Nc2ccc(Cl)c(-c3ncc(C(F)(F)F)cc3Cl)c2O)c1F. The number of amides is 4. The Bertz CT molecular complexity index is 1430. The molecule has 15 heteroatoms. The molecule has 0 aliphatic carbocycles. The number of carbonyl (C=O) groups is 3. The highest BCUT2D eigenvalue weighted by molar-refractivity contribution is 6.36. The number of rotatable bonds is 4. The third kappa shape index (κ3) is 6.06. The Morgan fingerprint density at radius 2 is 1.62 bits per heavy atom. The van der Waals surface area contributed by atoms with Gasteiger partial charge in [0.25, 0.3) is 5.91 Å². The van der Waals surface area contributed by atoms with Crippen LogP contribution in [0, 0.1) is 11.6 Å². The van der Waals surface area contributed by atoms with E-state index >= 15 is 0 Å². The molecular formula is C22H13Cl2F5N4O4. The zero-order valence-electron chi connectivity index (χ0n) is 18.2. The summed E-state index contributed by atoms with van der Waals surface area (Å²) in [4.78, 5) is 39.4. The van der Waals surface area contributed by atoms with E-state index in [1.165, 1.54) is 0 Å². The summed E-state index contributed by atoms with van der Waals surface area (Å²) in [5, 5.41) is 15.6. The predicted molar refractivity (Wildman–Crippen MR) is 124 cm³/mol. The van der Waals surface area contributed by atoms with Crippen LogP contribution in [0.5, 0.6) is 5.75 Å². The van der Waals surface area contributed by atoms with E-state index in [0.29, 0.717) is 18.3 Å². The number of urea groups is 1. The van der Waals surface area contributed by atoms with Crippen LogP contribution in [0.1, 0.15) is 22.8 Å². The number of anilines is 2. The van der Waals surface area contributed by atoms with E-state index in [4.69, 9.17) is 23.2 Å². The first kappa shape index (κ1) is 27.6. The lowest BCUT2D eigenvalue weighted by Crippen LogP contribution is -2.35. The van der Waals surface area contributed by atoms with Gasteiger partial charge in [0.2, 0.25) is 5.91 Å². The van der Waals surface area contributed by atoms with E-state index in [1.807, 2.05) is 5.32 Å². The Kier molecular flexibility index (Phi) is 7.88. The largest absolute Gasteiger partial charge is 0.505 e. The standard InChI is InChI=1S/C22H13Cl2F5N4O4/c1-8(34)31-13-5-3-12(25)16(17(13)26)20(36)33-21(37)32-14-4-2-10(23)15(19(14)35)18-11(24)6-9(7-30-18)22(27,28)29/h2-7,35H,1H3,(H,31,34)(H2,32,33,36,37). The summed E-state index contributed by atoms with van der Waals surface area (Å²) in [6, 6.07) is 2.98. The van der Waals surface area contributed by atoms with Crippen molar-refractivity contribution in [2.75, 3.05) is 10.6 Å². The number of nitrogens with one attached hydrogen (secondary N) is 3. The molecule has 4 amide bonds. The summed E-state index contributed by atoms with van der Waals surface area (Å²) in [6.07, 6.45) is -4.28. The molecule has 2 aromatic carbocycles. The van der Waals surface area contributed by atoms with Crippen LogP contribution in [-0.2, 0) is 11.0 Å². The number of pyridine rings is 1. The van der Waals surface area contributed by atoms with Crippen molar-refractivity contribution in [3.8, 4) is 17.0 Å². The highest BCUT2D eigenvalue weighted by Gasteiger charge is 2.32. The van der Waals surface area contributed by atoms with Crippen molar-refractivity contribution < 1.29 is 41.4 Å². The van der Waals surface area contributed by atoms with Gasteiger partial charge in [0.1, 0.15) is 17.1 Å². The first-order valence-corrected chi connectivity index (χ1v) is 10.6. The number of hydrogen-bond donors (Lipinski definition) is 4. The molecule has 194 valence electrons. The van der Waals surface area contributed by atoms with Crippen molar-refractivity contribution in [1.29, 1.82) is 0 Å². The van der Waals surface area contributed by atoms with Gasteiger partial charge in [0.15, 0.2) is 5.82 Å². The number of hydrogen-bond acceptors (Lipinski definition) is 5. The second-order valence-electron chi connectivity index (χ2n) is 7.24. The Balaban J connectivity index is 1.88. The normalized spacial score (nSPS) is 11.1. The molecular weight excluding hydrogens is 550 g/mol. The molecule has 0 atom stereocenters. The van der Waals surface area contributed by atoms with Gasteiger partial charge in [-0.3, -0.25) is 19.9 Å². The number of nitrogens with zero attached hydrogens (tertiary/aromatic N) is 1. The first-order valence-electron chi connectivity index (χ1n) is 9.83. The van der Waals surface area contributed by atoms with Crippen LogP contribution in [0.25, 0.3) is 11.3 Å². The molecule has 0 spiro atoms. The summed E-state index contributed by atoms with van der Waals surface area (Å²) in [5.41, 5.74) is -3.95. The van der Waals surface area contributed by atoms with Crippen molar-refractivity contribution in [1.82, 2.24) is 10.3 Å². The van der Waals surface area contributed by atoms with Crippen LogP contribution in [-0.4, -0.2) is 27.9 Å². The molecule has 0 radical (unpaired) electrons. The fourth-order valence-corrected chi connectivity index (χ4v) is 3.54. The molecule has 1 heterocycles. The molecule has 0 unspecified atom stereocenters. The lowest BCUT2D eigenvalue weighted by atomic mass is 10.1. The Morgan fingerprint density at radius 3 is 2.22 bits per heavy atom. The lowest BCUT2D eigenvalue weighted by Gasteiger charge is -2.15. The van der Waals surface area contributed by atoms with Crippen molar-refractivity contribution in [2.24, 2.45) is 0 Å². The Hall–Kier alpha value is -3.97. The molecule has 0 bridgehead atoms. The molecule has 3 aromatic rings. The van der Waals surface area contributed by atoms with Crippen molar-refractivity contribution in [3.63, 3.8) is 0 Å². The monoisotopic (exact) mass is 562 g/mol. The van der Waals surface area contributed by atoms with Crippen LogP contribution >= 0.6 is 23.2 Å². The number of benzene rings is 2. The third-order valence-electron chi connectivity index (χ3n) is 4.64. The number of halogens is 7. The fourth-order valence-electron chi connectivity index (χ4n) is 3.04. The molecule has 0 aliphatic rings. The maximum absolute atomic E-state index is 14.5. The number of aromatic hydroxyl groups is 1. The van der Waals surface area contributed by atoms with Crippen molar-refractivity contribution in [3.05, 3.63) is 69.3 Å². The van der Waals surface area contributed by atoms with Gasteiger partial charge in [0.05, 0.1) is 38.2 Å². The summed E-state index contributed by atoms with van der Waals surface area (Å²) in [5.74, 6) is -5.79. The third-order valence-corrected chi connectivity index (χ3v) is 5.24. The molecule has 0 aliphatic heterocycles. The van der Waals surface area contributed by atoms with Gasteiger partial charge < -0.3 is 15.7 Å². The van der Waals surface area contributed by atoms with Crippen LogP contribution in [0.3, 0.4) is 0 Å². The number of phenols is 1. The quantitative estimate of drug-likeness (QED) is 0.230.